The molecule has 0 rings (SSSR count). The molecule has 0 saturated carbocycles. The lowest BCUT2D eigenvalue weighted by molar-refractivity contribution is -0.137. The van der Waals surface area contributed by atoms with Gasteiger partial charge in [-0.2, -0.15) is 0 Å². The van der Waals surface area contributed by atoms with Gasteiger partial charge in [0.25, 0.3) is 0 Å². The van der Waals surface area contributed by atoms with E-state index < -0.39 is 5.97 Å². The highest BCUT2D eigenvalue weighted by molar-refractivity contribution is 5.66. The van der Waals surface area contributed by atoms with Gasteiger partial charge in [0, 0.05) is 19.6 Å². The Bertz CT molecular complexity index is 134. The number of rotatable bonds is 10. The molecule has 0 saturated heterocycles. The Kier molecular flexibility index (Phi) is 10.1. The van der Waals surface area contributed by atoms with Crippen LogP contribution < -0.4 is 0 Å². The van der Waals surface area contributed by atoms with E-state index in [1.54, 1.807) is 0 Å². The molecule has 0 atom stereocenters. The Morgan fingerprint density at radius 1 is 1.07 bits per heavy atom. The third-order valence-electron chi connectivity index (χ3n) is 2.13. The van der Waals surface area contributed by atoms with Crippen LogP contribution >= 0.6 is 0 Å². The monoisotopic (exact) mass is 202 g/mol. The van der Waals surface area contributed by atoms with Gasteiger partial charge >= 0.3 is 5.97 Å². The van der Waals surface area contributed by atoms with Crippen molar-refractivity contribution in [2.75, 3.05) is 13.2 Å². The Hall–Kier alpha value is -0.570. The summed E-state index contributed by atoms with van der Waals surface area (Å²) in [6.07, 6.45) is 6.87. The molecule has 0 radical (unpaired) electrons. The van der Waals surface area contributed by atoms with Crippen LogP contribution in [0.5, 0.6) is 0 Å². The van der Waals surface area contributed by atoms with E-state index in [0.717, 1.165) is 38.9 Å². The van der Waals surface area contributed by atoms with Crippen molar-refractivity contribution in [1.29, 1.82) is 0 Å². The van der Waals surface area contributed by atoms with Crippen molar-refractivity contribution >= 4 is 5.97 Å². The molecule has 0 aromatic carbocycles. The topological polar surface area (TPSA) is 46.5 Å². The molecule has 0 amide bonds. The second kappa shape index (κ2) is 10.5. The van der Waals surface area contributed by atoms with Crippen LogP contribution in [-0.4, -0.2) is 24.3 Å². The van der Waals surface area contributed by atoms with E-state index >= 15 is 0 Å². The molecule has 0 bridgehead atoms. The van der Waals surface area contributed by atoms with Gasteiger partial charge in [-0.1, -0.05) is 25.7 Å². The summed E-state index contributed by atoms with van der Waals surface area (Å²) in [5.41, 5.74) is 0. The second-order valence-electron chi connectivity index (χ2n) is 3.46. The largest absolute Gasteiger partial charge is 0.481 e. The average molecular weight is 202 g/mol. The Labute approximate surface area is 86.5 Å². The van der Waals surface area contributed by atoms with Crippen LogP contribution in [0.1, 0.15) is 51.9 Å². The molecular weight excluding hydrogens is 180 g/mol. The lowest BCUT2D eigenvalue weighted by atomic mass is 10.1. The molecule has 0 aromatic heterocycles. The van der Waals surface area contributed by atoms with E-state index in [0.29, 0.717) is 6.42 Å². The number of carboxylic acids is 1. The molecule has 3 nitrogen and oxygen atoms in total. The molecule has 1 N–H and O–H groups in total. The number of hydrogen-bond acceptors (Lipinski definition) is 2. The normalized spacial score (nSPS) is 10.4. The van der Waals surface area contributed by atoms with Gasteiger partial charge in [-0.25, -0.2) is 0 Å². The van der Waals surface area contributed by atoms with Gasteiger partial charge in [-0.15, -0.1) is 0 Å². The molecular formula is C11H22O3. The molecule has 0 heterocycles. The molecule has 14 heavy (non-hydrogen) atoms. The van der Waals surface area contributed by atoms with Gasteiger partial charge < -0.3 is 9.84 Å². The SMILES string of the molecule is CCOCCCCCCCCC(=O)O. The minimum Gasteiger partial charge on any atom is -0.481 e. The highest BCUT2D eigenvalue weighted by Crippen LogP contribution is 2.07. The van der Waals surface area contributed by atoms with E-state index in [1.165, 1.54) is 12.8 Å². The van der Waals surface area contributed by atoms with E-state index in [1.807, 2.05) is 6.92 Å². The Morgan fingerprint density at radius 2 is 1.64 bits per heavy atom. The maximum absolute atomic E-state index is 10.2. The fourth-order valence-electron chi connectivity index (χ4n) is 1.33. The molecule has 0 unspecified atom stereocenters. The minimum atomic E-state index is -0.679. The summed E-state index contributed by atoms with van der Waals surface area (Å²) in [4.78, 5) is 10.2. The third-order valence-corrected chi connectivity index (χ3v) is 2.13. The molecule has 0 aliphatic carbocycles. The van der Waals surface area contributed by atoms with Gasteiger partial charge in [-0.05, 0) is 19.8 Å². The molecule has 84 valence electrons. The summed E-state index contributed by atoms with van der Waals surface area (Å²) in [5.74, 6) is -0.679. The van der Waals surface area contributed by atoms with E-state index in [9.17, 15) is 4.79 Å². The zero-order valence-electron chi connectivity index (χ0n) is 9.13. The van der Waals surface area contributed by atoms with Crippen LogP contribution in [0.25, 0.3) is 0 Å². The van der Waals surface area contributed by atoms with Crippen LogP contribution in [0, 0.1) is 0 Å². The van der Waals surface area contributed by atoms with E-state index in [2.05, 4.69) is 0 Å². The fourth-order valence-corrected chi connectivity index (χ4v) is 1.33. The van der Waals surface area contributed by atoms with Crippen molar-refractivity contribution in [2.24, 2.45) is 0 Å². The first kappa shape index (κ1) is 13.4. The summed E-state index contributed by atoms with van der Waals surface area (Å²) in [5, 5.41) is 8.40. The Balaban J connectivity index is 2.88. The first-order valence-corrected chi connectivity index (χ1v) is 5.57. The second-order valence-corrected chi connectivity index (χ2v) is 3.46. The van der Waals surface area contributed by atoms with Gasteiger partial charge in [0.1, 0.15) is 0 Å². The van der Waals surface area contributed by atoms with Crippen molar-refractivity contribution in [2.45, 2.75) is 51.9 Å². The lowest BCUT2D eigenvalue weighted by Gasteiger charge is -2.01. The maximum atomic E-state index is 10.2. The van der Waals surface area contributed by atoms with Crippen LogP contribution in [0.3, 0.4) is 0 Å². The number of unbranched alkanes of at least 4 members (excludes halogenated alkanes) is 5. The van der Waals surface area contributed by atoms with Crippen molar-refractivity contribution < 1.29 is 14.6 Å². The average Bonchev–Trinajstić information content (AvgIpc) is 2.15. The minimum absolute atomic E-state index is 0.318. The molecule has 0 spiro atoms. The van der Waals surface area contributed by atoms with Crippen LogP contribution in [0.2, 0.25) is 0 Å². The highest BCUT2D eigenvalue weighted by atomic mass is 16.5. The Morgan fingerprint density at radius 3 is 2.21 bits per heavy atom. The molecule has 0 aliphatic rings. The highest BCUT2D eigenvalue weighted by Gasteiger charge is 1.96. The predicted molar refractivity (Wildman–Crippen MR) is 56.4 cm³/mol. The predicted octanol–water partition coefficient (Wildman–Crippen LogP) is 2.84. The van der Waals surface area contributed by atoms with Gasteiger partial charge in [-0.3, -0.25) is 4.79 Å². The lowest BCUT2D eigenvalue weighted by Crippen LogP contribution is -1.94. The maximum Gasteiger partial charge on any atom is 0.303 e. The van der Waals surface area contributed by atoms with Crippen molar-refractivity contribution in [3.63, 3.8) is 0 Å². The van der Waals surface area contributed by atoms with Gasteiger partial charge in [0.2, 0.25) is 0 Å². The summed E-state index contributed by atoms with van der Waals surface area (Å²) in [6, 6.07) is 0. The molecule has 0 aliphatic heterocycles. The number of aliphatic carboxylic acids is 1. The zero-order chi connectivity index (χ0) is 10.6. The van der Waals surface area contributed by atoms with Crippen molar-refractivity contribution in [3.05, 3.63) is 0 Å². The molecule has 3 heteroatoms. The smallest absolute Gasteiger partial charge is 0.303 e. The summed E-state index contributed by atoms with van der Waals surface area (Å²) >= 11 is 0. The number of ether oxygens (including phenoxy) is 1. The zero-order valence-corrected chi connectivity index (χ0v) is 9.13. The van der Waals surface area contributed by atoms with E-state index in [4.69, 9.17) is 9.84 Å². The number of carbonyl (C=O) groups is 1. The van der Waals surface area contributed by atoms with Crippen LogP contribution in [0.15, 0.2) is 0 Å². The van der Waals surface area contributed by atoms with Crippen molar-refractivity contribution in [1.82, 2.24) is 0 Å². The molecule has 0 aromatic rings. The summed E-state index contributed by atoms with van der Waals surface area (Å²) in [7, 11) is 0. The number of hydrogen-bond donors (Lipinski definition) is 1. The van der Waals surface area contributed by atoms with E-state index in [-0.39, 0.29) is 0 Å². The first-order chi connectivity index (χ1) is 6.77. The third kappa shape index (κ3) is 11.4. The molecule has 0 fully saturated rings. The van der Waals surface area contributed by atoms with Gasteiger partial charge in [0.15, 0.2) is 0 Å². The summed E-state index contributed by atoms with van der Waals surface area (Å²) in [6.45, 7) is 3.68. The number of carboxylic acid groups (broad SMARTS) is 1. The van der Waals surface area contributed by atoms with Crippen LogP contribution in [-0.2, 0) is 9.53 Å². The summed E-state index contributed by atoms with van der Waals surface area (Å²) < 4.78 is 5.21. The standard InChI is InChI=1S/C11H22O3/c1-2-14-10-8-6-4-3-5-7-9-11(12)13/h2-10H2,1H3,(H,12,13). The quantitative estimate of drug-likeness (QED) is 0.554. The van der Waals surface area contributed by atoms with Gasteiger partial charge in [0.05, 0.1) is 0 Å². The fraction of sp³-hybridized carbons (Fsp3) is 0.909. The first-order valence-electron chi connectivity index (χ1n) is 5.57. The van der Waals surface area contributed by atoms with Crippen molar-refractivity contribution in [3.8, 4) is 0 Å². The van der Waals surface area contributed by atoms with Crippen LogP contribution in [0.4, 0.5) is 0 Å².